The van der Waals surface area contributed by atoms with E-state index in [0.29, 0.717) is 59.3 Å². The average molecular weight is 463 g/mol. The summed E-state index contributed by atoms with van der Waals surface area (Å²) in [6, 6.07) is 13.6. The topological polar surface area (TPSA) is 71.7 Å². The normalized spacial score (nSPS) is 14.6. The first-order valence-corrected chi connectivity index (χ1v) is 11.1. The molecule has 0 bridgehead atoms. The van der Waals surface area contributed by atoms with E-state index in [1.165, 1.54) is 18.2 Å². The fraction of sp³-hybridized carbons (Fsp3) is 0.222. The van der Waals surface area contributed by atoms with Crippen molar-refractivity contribution in [2.24, 2.45) is 0 Å². The molecular formula is C27H23F2NO4. The maximum atomic E-state index is 14.6. The van der Waals surface area contributed by atoms with Crippen molar-refractivity contribution in [2.45, 2.75) is 25.7 Å². The number of aromatic nitrogens is 1. The van der Waals surface area contributed by atoms with Gasteiger partial charge in [-0.3, -0.25) is 0 Å². The molecule has 0 atom stereocenters. The predicted molar refractivity (Wildman–Crippen MR) is 125 cm³/mol. The highest BCUT2D eigenvalue weighted by molar-refractivity contribution is 6.04. The SMILES string of the molecule is Cc1cc(-n2c(C3CCOCC3)c(-c3cccc(C(=O)O)c3)c3c(O)cc(F)cc32)ccc1F. The highest BCUT2D eigenvalue weighted by Crippen LogP contribution is 2.46. The van der Waals surface area contributed by atoms with Crippen molar-refractivity contribution in [3.63, 3.8) is 0 Å². The van der Waals surface area contributed by atoms with Gasteiger partial charge < -0.3 is 19.5 Å². The van der Waals surface area contributed by atoms with Gasteiger partial charge in [-0.2, -0.15) is 0 Å². The van der Waals surface area contributed by atoms with Gasteiger partial charge in [0.15, 0.2) is 0 Å². The Kier molecular flexibility index (Phi) is 5.57. The van der Waals surface area contributed by atoms with E-state index in [9.17, 15) is 23.8 Å². The lowest BCUT2D eigenvalue weighted by Crippen LogP contribution is -2.17. The van der Waals surface area contributed by atoms with Crippen molar-refractivity contribution in [1.29, 1.82) is 0 Å². The molecular weight excluding hydrogens is 440 g/mol. The van der Waals surface area contributed by atoms with Crippen LogP contribution in [-0.2, 0) is 4.74 Å². The molecule has 4 aromatic rings. The van der Waals surface area contributed by atoms with Gasteiger partial charge in [0.05, 0.1) is 16.5 Å². The fourth-order valence-electron chi connectivity index (χ4n) is 4.88. The lowest BCUT2D eigenvalue weighted by molar-refractivity contribution is 0.0697. The van der Waals surface area contributed by atoms with Gasteiger partial charge in [0.25, 0.3) is 0 Å². The number of aryl methyl sites for hydroxylation is 1. The van der Waals surface area contributed by atoms with Crippen LogP contribution in [0.5, 0.6) is 5.75 Å². The van der Waals surface area contributed by atoms with Crippen LogP contribution in [0.15, 0.2) is 54.6 Å². The minimum Gasteiger partial charge on any atom is -0.507 e. The first-order valence-electron chi connectivity index (χ1n) is 11.1. The molecule has 2 N–H and O–H groups in total. The Labute approximate surface area is 194 Å². The van der Waals surface area contributed by atoms with Crippen LogP contribution in [0.3, 0.4) is 0 Å². The van der Waals surface area contributed by atoms with Crippen molar-refractivity contribution in [2.75, 3.05) is 13.2 Å². The predicted octanol–water partition coefficient (Wildman–Crippen LogP) is 6.18. The van der Waals surface area contributed by atoms with Crippen LogP contribution in [0.2, 0.25) is 0 Å². The number of phenolic OH excluding ortho intramolecular Hbond substituents is 1. The molecule has 7 heteroatoms. The monoisotopic (exact) mass is 463 g/mol. The number of ether oxygens (including phenoxy) is 1. The highest BCUT2D eigenvalue weighted by atomic mass is 19.1. The number of nitrogens with zero attached hydrogens (tertiary/aromatic N) is 1. The molecule has 1 fully saturated rings. The van der Waals surface area contributed by atoms with Gasteiger partial charge in [0, 0.05) is 42.1 Å². The average Bonchev–Trinajstić information content (AvgIpc) is 3.17. The van der Waals surface area contributed by atoms with Crippen molar-refractivity contribution in [3.05, 3.63) is 83.1 Å². The van der Waals surface area contributed by atoms with E-state index < -0.39 is 11.8 Å². The highest BCUT2D eigenvalue weighted by Gasteiger charge is 2.30. The number of rotatable bonds is 4. The van der Waals surface area contributed by atoms with Crippen molar-refractivity contribution in [1.82, 2.24) is 4.57 Å². The van der Waals surface area contributed by atoms with E-state index in [4.69, 9.17) is 4.74 Å². The number of carboxylic acids is 1. The van der Waals surface area contributed by atoms with Gasteiger partial charge in [-0.1, -0.05) is 12.1 Å². The van der Waals surface area contributed by atoms with Crippen LogP contribution in [0.25, 0.3) is 27.7 Å². The summed E-state index contributed by atoms with van der Waals surface area (Å²) in [5, 5.41) is 20.9. The fourth-order valence-corrected chi connectivity index (χ4v) is 4.88. The Balaban J connectivity index is 1.93. The number of carboxylic acid groups (broad SMARTS) is 1. The number of aromatic hydroxyl groups is 1. The molecule has 2 heterocycles. The Morgan fingerprint density at radius 3 is 2.53 bits per heavy atom. The summed E-state index contributed by atoms with van der Waals surface area (Å²) in [6.07, 6.45) is 1.40. The molecule has 5 nitrogen and oxygen atoms in total. The molecule has 1 aromatic heterocycles. The smallest absolute Gasteiger partial charge is 0.335 e. The molecule has 3 aromatic carbocycles. The first-order chi connectivity index (χ1) is 16.3. The zero-order valence-electron chi connectivity index (χ0n) is 18.5. The Hall–Kier alpha value is -3.71. The largest absolute Gasteiger partial charge is 0.507 e. The number of phenols is 1. The van der Waals surface area contributed by atoms with Gasteiger partial charge >= 0.3 is 5.97 Å². The molecule has 1 aliphatic rings. The summed E-state index contributed by atoms with van der Waals surface area (Å²) in [7, 11) is 0. The number of halogens is 2. The van der Waals surface area contributed by atoms with E-state index in [2.05, 4.69) is 0 Å². The molecule has 174 valence electrons. The molecule has 5 rings (SSSR count). The zero-order chi connectivity index (χ0) is 24.0. The third-order valence-electron chi connectivity index (χ3n) is 6.46. The molecule has 0 spiro atoms. The van der Waals surface area contributed by atoms with Gasteiger partial charge in [-0.25, -0.2) is 13.6 Å². The maximum Gasteiger partial charge on any atom is 0.335 e. The molecule has 0 unspecified atom stereocenters. The minimum atomic E-state index is -1.07. The maximum absolute atomic E-state index is 14.6. The summed E-state index contributed by atoms with van der Waals surface area (Å²) in [5.41, 5.74) is 3.67. The lowest BCUT2D eigenvalue weighted by Gasteiger charge is -2.26. The molecule has 0 saturated carbocycles. The molecule has 0 amide bonds. The third kappa shape index (κ3) is 3.72. The van der Waals surface area contributed by atoms with E-state index >= 15 is 0 Å². The quantitative estimate of drug-likeness (QED) is 0.379. The van der Waals surface area contributed by atoms with Crippen molar-refractivity contribution < 1.29 is 28.5 Å². The van der Waals surface area contributed by atoms with E-state index in [1.54, 1.807) is 37.3 Å². The summed E-state index contributed by atoms with van der Waals surface area (Å²) >= 11 is 0. The number of aromatic carboxylic acids is 1. The van der Waals surface area contributed by atoms with Gasteiger partial charge in [0.1, 0.15) is 17.4 Å². The summed E-state index contributed by atoms with van der Waals surface area (Å²) < 4.78 is 36.1. The van der Waals surface area contributed by atoms with Crippen LogP contribution in [0, 0.1) is 18.6 Å². The number of hydrogen-bond acceptors (Lipinski definition) is 3. The Morgan fingerprint density at radius 1 is 1.06 bits per heavy atom. The molecule has 0 aliphatic carbocycles. The standard InChI is InChI=1S/C27H23F2NO4/c1-15-11-20(5-6-21(15)29)30-22-13-19(28)14-23(31)25(22)24(26(30)16-7-9-34-10-8-16)17-3-2-4-18(12-17)27(32)33/h2-6,11-14,16,31H,7-10H2,1H3,(H,32,33). The molecule has 1 saturated heterocycles. The van der Waals surface area contributed by atoms with E-state index in [-0.39, 0.29) is 23.0 Å². The van der Waals surface area contributed by atoms with Gasteiger partial charge in [0.2, 0.25) is 0 Å². The van der Waals surface area contributed by atoms with Crippen LogP contribution < -0.4 is 0 Å². The van der Waals surface area contributed by atoms with Gasteiger partial charge in [-0.05, 0) is 67.3 Å². The number of carbonyl (C=O) groups is 1. The number of benzene rings is 3. The second kappa shape index (κ2) is 8.57. The van der Waals surface area contributed by atoms with Crippen LogP contribution in [0.4, 0.5) is 8.78 Å². The van der Waals surface area contributed by atoms with Gasteiger partial charge in [-0.15, -0.1) is 0 Å². The lowest BCUT2D eigenvalue weighted by atomic mass is 9.89. The van der Waals surface area contributed by atoms with Crippen LogP contribution in [-0.4, -0.2) is 34.0 Å². The zero-order valence-corrected chi connectivity index (χ0v) is 18.5. The Bertz CT molecular complexity index is 1420. The van der Waals surface area contributed by atoms with Crippen molar-refractivity contribution >= 4 is 16.9 Å². The van der Waals surface area contributed by atoms with E-state index in [1.807, 2.05) is 4.57 Å². The molecule has 0 radical (unpaired) electrons. The second-order valence-electron chi connectivity index (χ2n) is 8.62. The van der Waals surface area contributed by atoms with Crippen molar-refractivity contribution in [3.8, 4) is 22.6 Å². The summed E-state index contributed by atoms with van der Waals surface area (Å²) in [5.74, 6) is -2.26. The number of hydrogen-bond donors (Lipinski definition) is 2. The third-order valence-corrected chi connectivity index (χ3v) is 6.46. The number of fused-ring (bicyclic) bond motifs is 1. The minimum absolute atomic E-state index is 0.00236. The van der Waals surface area contributed by atoms with E-state index in [0.717, 1.165) is 11.8 Å². The van der Waals surface area contributed by atoms with Crippen LogP contribution in [0.1, 0.15) is 40.4 Å². The summed E-state index contributed by atoms with van der Waals surface area (Å²) in [4.78, 5) is 11.7. The second-order valence-corrected chi connectivity index (χ2v) is 8.62. The molecule has 1 aliphatic heterocycles. The molecule has 34 heavy (non-hydrogen) atoms. The summed E-state index contributed by atoms with van der Waals surface area (Å²) in [6.45, 7) is 2.75. The first kappa shape index (κ1) is 22.1. The Morgan fingerprint density at radius 2 is 1.82 bits per heavy atom. The van der Waals surface area contributed by atoms with Crippen LogP contribution >= 0.6 is 0 Å².